The number of ether oxygens (including phenoxy) is 1. The molecule has 0 spiro atoms. The average Bonchev–Trinajstić information content (AvgIpc) is 2.54. The number of benzene rings is 1. The van der Waals surface area contributed by atoms with E-state index in [0.717, 1.165) is 38.0 Å². The van der Waals surface area contributed by atoms with Crippen LogP contribution < -0.4 is 0 Å². The molecule has 4 nitrogen and oxygen atoms in total. The van der Waals surface area contributed by atoms with Gasteiger partial charge in [0.15, 0.2) is 0 Å². The number of nitrogens with zero attached hydrogens (tertiary/aromatic N) is 1. The largest absolute Gasteiger partial charge is 0.394 e. The van der Waals surface area contributed by atoms with Gasteiger partial charge in [-0.15, -0.1) is 0 Å². The molecule has 0 radical (unpaired) electrons. The lowest BCUT2D eigenvalue weighted by Crippen LogP contribution is -2.40. The number of aliphatic hydroxyl groups excluding tert-OH is 2. The Bertz CT molecular complexity index is 390. The maximum atomic E-state index is 10.4. The van der Waals surface area contributed by atoms with E-state index in [1.165, 1.54) is 0 Å². The van der Waals surface area contributed by atoms with Crippen LogP contribution in [0.2, 0.25) is 0 Å². The molecule has 0 bridgehead atoms. The number of hydrogen-bond donors (Lipinski definition) is 2. The Hall–Kier alpha value is -0.940. The van der Waals surface area contributed by atoms with E-state index in [-0.39, 0.29) is 18.6 Å². The second-order valence-corrected chi connectivity index (χ2v) is 5.93. The second kappa shape index (κ2) is 8.49. The molecule has 0 saturated carbocycles. The predicted octanol–water partition coefficient (Wildman–Crippen LogP) is 1.83. The number of hydrogen-bond acceptors (Lipinski definition) is 4. The third-order valence-electron chi connectivity index (χ3n) is 4.21. The molecule has 0 amide bonds. The van der Waals surface area contributed by atoms with Crippen molar-refractivity contribution in [1.82, 2.24) is 4.90 Å². The van der Waals surface area contributed by atoms with E-state index in [1.807, 2.05) is 30.3 Å². The van der Waals surface area contributed by atoms with Crippen LogP contribution in [0.25, 0.3) is 0 Å². The van der Waals surface area contributed by atoms with E-state index >= 15 is 0 Å². The first kappa shape index (κ1) is 16.4. The van der Waals surface area contributed by atoms with Gasteiger partial charge in [0.1, 0.15) is 0 Å². The van der Waals surface area contributed by atoms with Crippen molar-refractivity contribution in [1.29, 1.82) is 0 Å². The third kappa shape index (κ3) is 5.08. The Balaban J connectivity index is 1.75. The van der Waals surface area contributed by atoms with Crippen LogP contribution in [-0.2, 0) is 4.74 Å². The van der Waals surface area contributed by atoms with Crippen LogP contribution in [0.5, 0.6) is 0 Å². The highest BCUT2D eigenvalue weighted by Gasteiger charge is 2.23. The third-order valence-corrected chi connectivity index (χ3v) is 4.21. The summed E-state index contributed by atoms with van der Waals surface area (Å²) in [6.07, 6.45) is 1.89. The van der Waals surface area contributed by atoms with Crippen LogP contribution >= 0.6 is 0 Å². The van der Waals surface area contributed by atoms with Crippen molar-refractivity contribution in [2.75, 3.05) is 32.8 Å². The van der Waals surface area contributed by atoms with Crippen LogP contribution in [0.15, 0.2) is 30.3 Å². The van der Waals surface area contributed by atoms with Crippen molar-refractivity contribution in [3.8, 4) is 0 Å². The highest BCUT2D eigenvalue weighted by Crippen LogP contribution is 2.24. The molecule has 1 aromatic carbocycles. The summed E-state index contributed by atoms with van der Waals surface area (Å²) in [5, 5.41) is 19.2. The van der Waals surface area contributed by atoms with E-state index in [2.05, 4.69) is 11.8 Å². The molecule has 0 aliphatic carbocycles. The maximum Gasteiger partial charge on any atom is 0.0827 e. The Morgan fingerprint density at radius 3 is 2.52 bits per heavy atom. The van der Waals surface area contributed by atoms with Gasteiger partial charge in [-0.3, -0.25) is 0 Å². The molecule has 1 heterocycles. The lowest BCUT2D eigenvalue weighted by atomic mass is 9.96. The summed E-state index contributed by atoms with van der Waals surface area (Å²) in [6.45, 7) is 5.55. The molecule has 21 heavy (non-hydrogen) atoms. The molecule has 1 aliphatic rings. The molecule has 1 aliphatic heterocycles. The van der Waals surface area contributed by atoms with Crippen molar-refractivity contribution in [3.63, 3.8) is 0 Å². The van der Waals surface area contributed by atoms with Crippen molar-refractivity contribution in [2.45, 2.75) is 32.0 Å². The lowest BCUT2D eigenvalue weighted by molar-refractivity contribution is -0.0140. The molecule has 2 N–H and O–H groups in total. The SMILES string of the molecule is CC(CN1CCC(OCCO)CC1)C(O)c1ccccc1. The van der Waals surface area contributed by atoms with Crippen molar-refractivity contribution >= 4 is 0 Å². The van der Waals surface area contributed by atoms with Gasteiger partial charge in [0.2, 0.25) is 0 Å². The van der Waals surface area contributed by atoms with E-state index in [0.29, 0.717) is 6.61 Å². The molecule has 4 heteroatoms. The molecule has 2 atom stereocenters. The van der Waals surface area contributed by atoms with Crippen LogP contribution in [-0.4, -0.2) is 54.1 Å². The highest BCUT2D eigenvalue weighted by molar-refractivity contribution is 5.17. The van der Waals surface area contributed by atoms with Crippen LogP contribution in [0.4, 0.5) is 0 Å². The zero-order valence-corrected chi connectivity index (χ0v) is 12.8. The minimum absolute atomic E-state index is 0.0977. The van der Waals surface area contributed by atoms with E-state index < -0.39 is 6.10 Å². The summed E-state index contributed by atoms with van der Waals surface area (Å²) < 4.78 is 5.58. The topological polar surface area (TPSA) is 52.9 Å². The van der Waals surface area contributed by atoms with E-state index in [9.17, 15) is 5.11 Å². The minimum atomic E-state index is -0.408. The highest BCUT2D eigenvalue weighted by atomic mass is 16.5. The van der Waals surface area contributed by atoms with E-state index in [4.69, 9.17) is 9.84 Å². The lowest BCUT2D eigenvalue weighted by Gasteiger charge is -2.34. The summed E-state index contributed by atoms with van der Waals surface area (Å²) in [5.41, 5.74) is 0.992. The van der Waals surface area contributed by atoms with Gasteiger partial charge in [-0.25, -0.2) is 0 Å². The number of piperidine rings is 1. The fraction of sp³-hybridized carbons (Fsp3) is 0.647. The van der Waals surface area contributed by atoms with E-state index in [1.54, 1.807) is 0 Å². The smallest absolute Gasteiger partial charge is 0.0827 e. The molecular weight excluding hydrogens is 266 g/mol. The molecular formula is C17H27NO3. The molecule has 1 aromatic rings. The Morgan fingerprint density at radius 2 is 1.90 bits per heavy atom. The Morgan fingerprint density at radius 1 is 1.24 bits per heavy atom. The zero-order valence-electron chi connectivity index (χ0n) is 12.8. The number of rotatable bonds is 7. The van der Waals surface area contributed by atoms with Crippen molar-refractivity contribution in [3.05, 3.63) is 35.9 Å². The van der Waals surface area contributed by atoms with Crippen molar-refractivity contribution in [2.24, 2.45) is 5.92 Å². The zero-order chi connectivity index (χ0) is 15.1. The molecule has 118 valence electrons. The fourth-order valence-electron chi connectivity index (χ4n) is 2.96. The van der Waals surface area contributed by atoms with Gasteiger partial charge in [-0.1, -0.05) is 37.3 Å². The quantitative estimate of drug-likeness (QED) is 0.805. The summed E-state index contributed by atoms with van der Waals surface area (Å²) in [7, 11) is 0. The average molecular weight is 293 g/mol. The first-order valence-electron chi connectivity index (χ1n) is 7.88. The Kier molecular flexibility index (Phi) is 6.64. The summed E-state index contributed by atoms with van der Waals surface area (Å²) in [4.78, 5) is 2.40. The standard InChI is InChI=1S/C17H27NO3/c1-14(17(20)15-5-3-2-4-6-15)13-18-9-7-16(8-10-18)21-12-11-19/h2-6,14,16-17,19-20H,7-13H2,1H3. The van der Waals surface area contributed by atoms with Gasteiger partial charge in [-0.2, -0.15) is 0 Å². The summed E-state index contributed by atoms with van der Waals surface area (Å²) in [5.74, 6) is 0.210. The Labute approximate surface area is 127 Å². The van der Waals surface area contributed by atoms with Gasteiger partial charge in [0.25, 0.3) is 0 Å². The van der Waals surface area contributed by atoms with Crippen LogP contribution in [0, 0.1) is 5.92 Å². The normalized spacial score (nSPS) is 20.3. The van der Waals surface area contributed by atoms with Gasteiger partial charge in [0, 0.05) is 19.6 Å². The molecule has 2 unspecified atom stereocenters. The second-order valence-electron chi connectivity index (χ2n) is 5.93. The van der Waals surface area contributed by atoms with Gasteiger partial charge in [0.05, 0.1) is 25.4 Å². The first-order valence-corrected chi connectivity index (χ1v) is 7.88. The van der Waals surface area contributed by atoms with Crippen LogP contribution in [0.1, 0.15) is 31.4 Å². The summed E-state index contributed by atoms with van der Waals surface area (Å²) >= 11 is 0. The number of likely N-dealkylation sites (tertiary alicyclic amines) is 1. The summed E-state index contributed by atoms with van der Waals surface area (Å²) in [6, 6.07) is 9.87. The molecule has 1 fully saturated rings. The van der Waals surface area contributed by atoms with Crippen LogP contribution in [0.3, 0.4) is 0 Å². The van der Waals surface area contributed by atoms with Crippen molar-refractivity contribution < 1.29 is 14.9 Å². The monoisotopic (exact) mass is 293 g/mol. The predicted molar refractivity (Wildman–Crippen MR) is 83.1 cm³/mol. The molecule has 2 rings (SSSR count). The number of aliphatic hydroxyl groups is 2. The maximum absolute atomic E-state index is 10.4. The van der Waals surface area contributed by atoms with Gasteiger partial charge in [-0.05, 0) is 24.3 Å². The molecule has 0 aromatic heterocycles. The van der Waals surface area contributed by atoms with Gasteiger partial charge >= 0.3 is 0 Å². The first-order chi connectivity index (χ1) is 10.2. The minimum Gasteiger partial charge on any atom is -0.394 e. The fourth-order valence-corrected chi connectivity index (χ4v) is 2.96. The molecule has 1 saturated heterocycles. The van der Waals surface area contributed by atoms with Gasteiger partial charge < -0.3 is 19.8 Å².